The average Bonchev–Trinajstić information content (AvgIpc) is 2.96. The minimum absolute atomic E-state index is 0.110. The summed E-state index contributed by atoms with van der Waals surface area (Å²) < 4.78 is 5.78. The summed E-state index contributed by atoms with van der Waals surface area (Å²) in [6.07, 6.45) is 42.6. The van der Waals surface area contributed by atoms with Gasteiger partial charge in [0.25, 0.3) is 0 Å². The second-order valence-electron chi connectivity index (χ2n) is 13.0. The van der Waals surface area contributed by atoms with E-state index in [1.54, 1.807) is 0 Å². The molecule has 0 spiro atoms. The predicted octanol–water partition coefficient (Wildman–Crippen LogP) is 13.7. The van der Waals surface area contributed by atoms with Crippen molar-refractivity contribution >= 4 is 5.97 Å². The highest BCUT2D eigenvalue weighted by molar-refractivity contribution is 5.72. The second-order valence-corrected chi connectivity index (χ2v) is 13.0. The first-order chi connectivity index (χ1) is 19.8. The van der Waals surface area contributed by atoms with E-state index in [9.17, 15) is 4.79 Å². The standard InChI is InChI=1S/C38H76O2/c1-4-7-10-13-16-18-20-21-22-23-25-27-29-32-35-37(38(39)40-36-33-30-15-12-9-6-3)34-31-28-26-24-19-17-14-11-8-5-2/h37H,4-36H2,1-3H3. The highest BCUT2D eigenvalue weighted by atomic mass is 16.5. The van der Waals surface area contributed by atoms with Crippen molar-refractivity contribution in [3.63, 3.8) is 0 Å². The molecule has 0 aliphatic heterocycles. The van der Waals surface area contributed by atoms with Gasteiger partial charge in [-0.3, -0.25) is 4.79 Å². The fourth-order valence-electron chi connectivity index (χ4n) is 6.02. The lowest BCUT2D eigenvalue weighted by molar-refractivity contribution is -0.149. The van der Waals surface area contributed by atoms with E-state index in [4.69, 9.17) is 4.74 Å². The molecule has 0 heterocycles. The fraction of sp³-hybridized carbons (Fsp3) is 0.974. The molecular formula is C38H76O2. The normalized spacial score (nSPS) is 12.2. The van der Waals surface area contributed by atoms with Crippen molar-refractivity contribution in [1.29, 1.82) is 0 Å². The Labute approximate surface area is 254 Å². The maximum atomic E-state index is 12.9. The minimum Gasteiger partial charge on any atom is -0.465 e. The lowest BCUT2D eigenvalue weighted by atomic mass is 9.94. The molecule has 0 aromatic carbocycles. The summed E-state index contributed by atoms with van der Waals surface area (Å²) in [5.41, 5.74) is 0. The smallest absolute Gasteiger partial charge is 0.308 e. The molecule has 2 nitrogen and oxygen atoms in total. The van der Waals surface area contributed by atoms with Crippen molar-refractivity contribution in [2.75, 3.05) is 6.61 Å². The van der Waals surface area contributed by atoms with Crippen LogP contribution in [0.2, 0.25) is 0 Å². The first-order valence-electron chi connectivity index (χ1n) is 18.9. The molecule has 0 saturated carbocycles. The number of esters is 1. The molecule has 0 N–H and O–H groups in total. The molecule has 0 amide bonds. The van der Waals surface area contributed by atoms with Gasteiger partial charge in [0.05, 0.1) is 12.5 Å². The summed E-state index contributed by atoms with van der Waals surface area (Å²) in [6, 6.07) is 0. The lowest BCUT2D eigenvalue weighted by Crippen LogP contribution is -2.18. The number of hydrogen-bond donors (Lipinski definition) is 0. The van der Waals surface area contributed by atoms with Crippen LogP contribution in [0.5, 0.6) is 0 Å². The van der Waals surface area contributed by atoms with Gasteiger partial charge in [-0.2, -0.15) is 0 Å². The number of carbonyl (C=O) groups is 1. The van der Waals surface area contributed by atoms with Crippen LogP contribution in [0.3, 0.4) is 0 Å². The van der Waals surface area contributed by atoms with Crippen LogP contribution in [0, 0.1) is 5.92 Å². The highest BCUT2D eigenvalue weighted by Crippen LogP contribution is 2.22. The van der Waals surface area contributed by atoms with Gasteiger partial charge in [0.15, 0.2) is 0 Å². The first-order valence-corrected chi connectivity index (χ1v) is 18.9. The van der Waals surface area contributed by atoms with Crippen LogP contribution >= 0.6 is 0 Å². The Morgan fingerprint density at radius 1 is 0.375 bits per heavy atom. The van der Waals surface area contributed by atoms with Gasteiger partial charge in [-0.25, -0.2) is 0 Å². The number of rotatable bonds is 34. The van der Waals surface area contributed by atoms with Crippen LogP contribution in [0.25, 0.3) is 0 Å². The molecule has 1 atom stereocenters. The molecule has 0 aromatic rings. The quantitative estimate of drug-likeness (QED) is 0.0574. The van der Waals surface area contributed by atoms with Crippen LogP contribution < -0.4 is 0 Å². The zero-order valence-electron chi connectivity index (χ0n) is 28.2. The maximum Gasteiger partial charge on any atom is 0.308 e. The number of hydrogen-bond acceptors (Lipinski definition) is 2. The van der Waals surface area contributed by atoms with E-state index in [2.05, 4.69) is 20.8 Å². The third kappa shape index (κ3) is 30.4. The summed E-state index contributed by atoms with van der Waals surface area (Å²) in [7, 11) is 0. The Morgan fingerprint density at radius 3 is 0.925 bits per heavy atom. The minimum atomic E-state index is 0.110. The van der Waals surface area contributed by atoms with Gasteiger partial charge in [-0.05, 0) is 19.3 Å². The first kappa shape index (κ1) is 39.5. The topological polar surface area (TPSA) is 26.3 Å². The van der Waals surface area contributed by atoms with Crippen molar-refractivity contribution < 1.29 is 9.53 Å². The van der Waals surface area contributed by atoms with Crippen molar-refractivity contribution in [3.8, 4) is 0 Å². The Hall–Kier alpha value is -0.530. The molecule has 1 unspecified atom stereocenters. The van der Waals surface area contributed by atoms with Crippen LogP contribution in [-0.4, -0.2) is 12.6 Å². The van der Waals surface area contributed by atoms with Gasteiger partial charge in [0.2, 0.25) is 0 Å². The SMILES string of the molecule is CCCCCCCCCCCCCCCCC(CCCCCCCCCCCC)C(=O)OCCCCCCCC. The monoisotopic (exact) mass is 565 g/mol. The van der Waals surface area contributed by atoms with Crippen molar-refractivity contribution in [3.05, 3.63) is 0 Å². The molecule has 240 valence electrons. The Kier molecular flexibility index (Phi) is 34.2. The van der Waals surface area contributed by atoms with Gasteiger partial charge >= 0.3 is 5.97 Å². The summed E-state index contributed by atoms with van der Waals surface area (Å²) >= 11 is 0. The highest BCUT2D eigenvalue weighted by Gasteiger charge is 2.19. The molecule has 0 aromatic heterocycles. The third-order valence-corrected chi connectivity index (χ3v) is 8.89. The molecule has 0 fully saturated rings. The van der Waals surface area contributed by atoms with Gasteiger partial charge in [0, 0.05) is 0 Å². The summed E-state index contributed by atoms with van der Waals surface area (Å²) in [6.45, 7) is 7.48. The Balaban J connectivity index is 3.98. The predicted molar refractivity (Wildman–Crippen MR) is 179 cm³/mol. The van der Waals surface area contributed by atoms with E-state index in [-0.39, 0.29) is 11.9 Å². The zero-order valence-corrected chi connectivity index (χ0v) is 28.2. The number of unbranched alkanes of at least 4 members (excludes halogenated alkanes) is 27. The summed E-state index contributed by atoms with van der Waals surface area (Å²) in [5.74, 6) is 0.255. The van der Waals surface area contributed by atoms with Crippen LogP contribution in [-0.2, 0) is 9.53 Å². The van der Waals surface area contributed by atoms with E-state index in [0.717, 1.165) is 19.3 Å². The molecule has 0 saturated heterocycles. The van der Waals surface area contributed by atoms with Gasteiger partial charge in [0.1, 0.15) is 0 Å². The molecule has 0 rings (SSSR count). The van der Waals surface area contributed by atoms with Crippen LogP contribution in [0.4, 0.5) is 0 Å². The Bertz CT molecular complexity index is 474. The van der Waals surface area contributed by atoms with Crippen molar-refractivity contribution in [1.82, 2.24) is 0 Å². The molecule has 2 heteroatoms. The van der Waals surface area contributed by atoms with E-state index >= 15 is 0 Å². The molecule has 40 heavy (non-hydrogen) atoms. The largest absolute Gasteiger partial charge is 0.465 e. The summed E-state index contributed by atoms with van der Waals surface area (Å²) in [5, 5.41) is 0. The van der Waals surface area contributed by atoms with E-state index in [1.165, 1.54) is 186 Å². The third-order valence-electron chi connectivity index (χ3n) is 8.89. The van der Waals surface area contributed by atoms with Crippen molar-refractivity contribution in [2.24, 2.45) is 5.92 Å². The van der Waals surface area contributed by atoms with E-state index < -0.39 is 0 Å². The van der Waals surface area contributed by atoms with Crippen LogP contribution in [0.15, 0.2) is 0 Å². The molecular weight excluding hydrogens is 488 g/mol. The Morgan fingerprint density at radius 2 is 0.625 bits per heavy atom. The maximum absolute atomic E-state index is 12.9. The van der Waals surface area contributed by atoms with Gasteiger partial charge < -0.3 is 4.74 Å². The number of carbonyl (C=O) groups excluding carboxylic acids is 1. The second kappa shape index (κ2) is 34.7. The zero-order chi connectivity index (χ0) is 29.2. The fourth-order valence-corrected chi connectivity index (χ4v) is 6.02. The summed E-state index contributed by atoms with van der Waals surface area (Å²) in [4.78, 5) is 12.9. The molecule has 0 aliphatic carbocycles. The van der Waals surface area contributed by atoms with E-state index in [1.807, 2.05) is 0 Å². The molecule has 0 aliphatic rings. The van der Waals surface area contributed by atoms with Crippen molar-refractivity contribution in [2.45, 2.75) is 226 Å². The number of ether oxygens (including phenoxy) is 1. The molecule has 0 bridgehead atoms. The molecule has 0 radical (unpaired) electrons. The lowest BCUT2D eigenvalue weighted by Gasteiger charge is -2.16. The average molecular weight is 565 g/mol. The van der Waals surface area contributed by atoms with E-state index in [0.29, 0.717) is 6.61 Å². The van der Waals surface area contributed by atoms with Crippen LogP contribution in [0.1, 0.15) is 226 Å². The van der Waals surface area contributed by atoms with Gasteiger partial charge in [-0.1, -0.05) is 207 Å². The van der Waals surface area contributed by atoms with Gasteiger partial charge in [-0.15, -0.1) is 0 Å².